The van der Waals surface area contributed by atoms with Crippen LogP contribution in [-0.4, -0.2) is 36.3 Å². The Morgan fingerprint density at radius 1 is 1.18 bits per heavy atom. The molecule has 0 aromatic rings. The van der Waals surface area contributed by atoms with Crippen molar-refractivity contribution in [3.63, 3.8) is 0 Å². The minimum absolute atomic E-state index is 0. The number of fused-ring (bicyclic) bond motifs is 4. The Balaban J connectivity index is 0.000000246. The van der Waals surface area contributed by atoms with Crippen molar-refractivity contribution in [2.24, 2.45) is 45.9 Å². The molecule has 0 aromatic carbocycles. The predicted octanol–water partition coefficient (Wildman–Crippen LogP) is 10.4. The van der Waals surface area contributed by atoms with E-state index in [0.717, 1.165) is 55.9 Å². The molecular formula is C38H55IrN3OS-4. The Kier molecular flexibility index (Phi) is 9.23. The maximum Gasteiger partial charge on any atom is 0.171 e. The summed E-state index contributed by atoms with van der Waals surface area (Å²) in [5.41, 5.74) is 3.64. The van der Waals surface area contributed by atoms with Crippen molar-refractivity contribution >= 4 is 17.5 Å². The number of aliphatic imine (C=N–C) groups is 1. The molecule has 0 spiro atoms. The van der Waals surface area contributed by atoms with Crippen LogP contribution in [0.5, 0.6) is 0 Å². The van der Waals surface area contributed by atoms with Crippen LogP contribution >= 0.6 is 11.8 Å². The molecule has 0 amide bonds. The molecule has 1 radical (unpaired) electrons. The van der Waals surface area contributed by atoms with Crippen LogP contribution in [0, 0.1) is 53.4 Å². The fourth-order valence-corrected chi connectivity index (χ4v) is 9.28. The molecule has 44 heavy (non-hydrogen) atoms. The van der Waals surface area contributed by atoms with E-state index in [9.17, 15) is 0 Å². The first-order valence-corrected chi connectivity index (χ1v) is 17.8. The molecule has 2 saturated heterocycles. The van der Waals surface area contributed by atoms with E-state index in [1.165, 1.54) is 29.0 Å². The third kappa shape index (κ3) is 7.77. The molecule has 6 heteroatoms. The fourth-order valence-electron chi connectivity index (χ4n) is 7.67. The van der Waals surface area contributed by atoms with Gasteiger partial charge in [0.2, 0.25) is 0 Å². The smallest absolute Gasteiger partial charge is 0.171 e. The molecule has 2 fully saturated rings. The molecule has 247 valence electrons. The Labute approximate surface area is 293 Å². The predicted molar refractivity (Wildman–Crippen MR) is 183 cm³/mol. The van der Waals surface area contributed by atoms with E-state index in [0.29, 0.717) is 30.5 Å². The van der Waals surface area contributed by atoms with Gasteiger partial charge in [0.25, 0.3) is 0 Å². The van der Waals surface area contributed by atoms with Gasteiger partial charge in [-0.2, -0.15) is 11.6 Å². The zero-order chi connectivity index (χ0) is 34.6. The number of nitrogens with zero attached hydrogens (tertiary/aromatic N) is 3. The van der Waals surface area contributed by atoms with E-state index >= 15 is 0 Å². The van der Waals surface area contributed by atoms with E-state index in [1.807, 2.05) is 20.8 Å². The first kappa shape index (κ1) is 28.1. The zero-order valence-corrected chi connectivity index (χ0v) is 30.7. The molecule has 0 bridgehead atoms. The van der Waals surface area contributed by atoms with Crippen molar-refractivity contribution in [2.45, 2.75) is 124 Å². The minimum atomic E-state index is -2.15. The summed E-state index contributed by atoms with van der Waals surface area (Å²) in [6.45, 7) is 12.3. The maximum absolute atomic E-state index is 8.82. The number of hydrogen-bond donors (Lipinski definition) is 0. The second kappa shape index (κ2) is 14.4. The molecular weight excluding hydrogens is 739 g/mol. The van der Waals surface area contributed by atoms with Gasteiger partial charge in [0.15, 0.2) is 6.23 Å². The number of rotatable bonds is 3. The molecule has 5 aliphatic heterocycles. The summed E-state index contributed by atoms with van der Waals surface area (Å²) in [7, 11) is 0. The van der Waals surface area contributed by atoms with E-state index in [1.54, 1.807) is 11.8 Å². The van der Waals surface area contributed by atoms with E-state index in [-0.39, 0.29) is 49.2 Å². The maximum atomic E-state index is 8.82. The number of allylic oxidation sites excluding steroid dienone is 4. The van der Waals surface area contributed by atoms with Crippen molar-refractivity contribution in [3.8, 4) is 0 Å². The van der Waals surface area contributed by atoms with Crippen molar-refractivity contribution in [1.29, 1.82) is 0 Å². The molecule has 7 rings (SSSR count). The van der Waals surface area contributed by atoms with Crippen molar-refractivity contribution in [1.82, 2.24) is 0 Å². The van der Waals surface area contributed by atoms with Gasteiger partial charge in [0.05, 0.1) is 0 Å². The van der Waals surface area contributed by atoms with Crippen molar-refractivity contribution in [3.05, 3.63) is 62.8 Å². The largest absolute Gasteiger partial charge is 0.769 e. The number of thioether (sulfide) groups is 1. The van der Waals surface area contributed by atoms with Gasteiger partial charge in [-0.3, -0.25) is 11.1 Å². The van der Waals surface area contributed by atoms with Gasteiger partial charge < -0.3 is 21.1 Å². The first-order chi connectivity index (χ1) is 22.5. The molecule has 0 saturated carbocycles. The molecule has 0 N–H and O–H groups in total. The molecule has 7 aliphatic rings. The van der Waals surface area contributed by atoms with Gasteiger partial charge in [-0.05, 0) is 66.3 Å². The second-order valence-electron chi connectivity index (χ2n) is 15.0. The average molecular weight is 799 g/mol. The summed E-state index contributed by atoms with van der Waals surface area (Å²) in [6, 6.07) is -0.0118. The molecule has 2 aliphatic carbocycles. The van der Waals surface area contributed by atoms with Gasteiger partial charge in [-0.1, -0.05) is 78.7 Å². The van der Waals surface area contributed by atoms with Crippen LogP contribution in [-0.2, 0) is 24.8 Å². The zero-order valence-electron chi connectivity index (χ0n) is 32.5. The summed E-state index contributed by atoms with van der Waals surface area (Å²) in [5, 5.41) is 9.58. The van der Waals surface area contributed by atoms with Crippen molar-refractivity contribution < 1.29 is 31.7 Å². The molecule has 4 unspecified atom stereocenters. The summed E-state index contributed by atoms with van der Waals surface area (Å²) in [4.78, 5) is 5.82. The van der Waals surface area contributed by atoms with Gasteiger partial charge >= 0.3 is 0 Å². The molecule has 5 heterocycles. The first-order valence-electron chi connectivity index (χ1n) is 19.4. The molecule has 9 atom stereocenters. The minimum Gasteiger partial charge on any atom is -0.769 e. The fraction of sp³-hybridized carbons (Fsp3) is 0.737. The van der Waals surface area contributed by atoms with Crippen LogP contribution < -0.4 is 0 Å². The quantitative estimate of drug-likeness (QED) is 0.267. The van der Waals surface area contributed by atoms with Gasteiger partial charge in [0, 0.05) is 43.8 Å². The average Bonchev–Trinajstić information content (AvgIpc) is 3.64. The van der Waals surface area contributed by atoms with Crippen LogP contribution in [0.25, 0.3) is 10.6 Å². The van der Waals surface area contributed by atoms with E-state index < -0.39 is 24.9 Å². The summed E-state index contributed by atoms with van der Waals surface area (Å²) < 4.78 is 47.3. The Bertz CT molecular complexity index is 1380. The number of ether oxygens (including phenoxy) is 1. The monoisotopic (exact) mass is 799 g/mol. The van der Waals surface area contributed by atoms with E-state index in [4.69, 9.17) is 16.9 Å². The van der Waals surface area contributed by atoms with Crippen LogP contribution in [0.1, 0.15) is 113 Å². The van der Waals surface area contributed by atoms with Crippen LogP contribution in [0.4, 0.5) is 0 Å². The normalized spacial score (nSPS) is 40.2. The van der Waals surface area contributed by atoms with Crippen LogP contribution in [0.15, 0.2) is 44.7 Å². The van der Waals surface area contributed by atoms with Crippen LogP contribution in [0.2, 0.25) is 0 Å². The van der Waals surface area contributed by atoms with Gasteiger partial charge in [0.1, 0.15) is 0 Å². The summed E-state index contributed by atoms with van der Waals surface area (Å²) >= 11 is 1.71. The summed E-state index contributed by atoms with van der Waals surface area (Å²) in [5.74, 6) is 3.89. The van der Waals surface area contributed by atoms with Gasteiger partial charge in [-0.25, -0.2) is 12.0 Å². The van der Waals surface area contributed by atoms with Crippen molar-refractivity contribution in [2.75, 3.05) is 13.1 Å². The second-order valence-corrected chi connectivity index (χ2v) is 16.3. The third-order valence-electron chi connectivity index (χ3n) is 10.3. The van der Waals surface area contributed by atoms with Crippen LogP contribution in [0.3, 0.4) is 0 Å². The topological polar surface area (TPSA) is 49.8 Å². The standard InChI is InChI=1S/C24H34N2OS.C14H21N.Ir/c1-14-8-9-17-16-6-5-7-18(22(16)27-23(17)26-14)21-19-12-15(13-24(2,3)4)28-20(19)10-11-25-21;1-10-4-6-13(7-5-10)14-8-11(2)12(3)9-15-14;/h7,10,15-17,19,21,23H,5-6,8-9,11-13H2,1-4H3;8,10-12H,4-6,9H2,1-3H3;/q2*-2;/t15-,16?,17?,19?,21-,23?;10-,11+,12-;/m01./s1/i1D3,13D2;;. The van der Waals surface area contributed by atoms with Gasteiger partial charge in [-0.15, -0.1) is 43.7 Å². The number of hydrogen-bond acceptors (Lipinski definition) is 3. The SMILES string of the molecule is C[C@H]1C[C-]=C(C2=C[C@H](C)[C@H](C)C[N-]2)CC1.[2H]C([2H])([2H])C1=NC2OC3=C([C@@H]4[N-]CC=C5S[C@H](C([2H])([2H])C(C)(C)C)CC54)[CH-]CCC3C2CC1.[Ir]. The molecule has 4 nitrogen and oxygen atoms in total. The Morgan fingerprint density at radius 2 is 2.02 bits per heavy atom. The van der Waals surface area contributed by atoms with E-state index in [2.05, 4.69) is 55.7 Å². The third-order valence-corrected chi connectivity index (χ3v) is 11.7. The Morgan fingerprint density at radius 3 is 2.75 bits per heavy atom. The summed E-state index contributed by atoms with van der Waals surface area (Å²) in [6.07, 6.45) is 16.3. The Hall–Kier alpha value is -0.941. The molecule has 0 aromatic heterocycles.